The SMILES string of the molecule is N#Cc1cccnc1NCc1cccs1. The number of thiophene rings is 1. The van der Waals surface area contributed by atoms with E-state index in [1.54, 1.807) is 29.7 Å². The van der Waals surface area contributed by atoms with Crippen molar-refractivity contribution < 1.29 is 0 Å². The van der Waals surface area contributed by atoms with Crippen LogP contribution in [-0.2, 0) is 6.54 Å². The lowest BCUT2D eigenvalue weighted by Crippen LogP contribution is -2.01. The van der Waals surface area contributed by atoms with Crippen LogP contribution in [0.2, 0.25) is 0 Å². The number of nitrogens with one attached hydrogen (secondary N) is 1. The van der Waals surface area contributed by atoms with Crippen molar-refractivity contribution in [2.75, 3.05) is 5.32 Å². The molecule has 2 aromatic heterocycles. The second-order valence-corrected chi connectivity index (χ2v) is 3.98. The van der Waals surface area contributed by atoms with E-state index in [1.807, 2.05) is 17.5 Å². The average molecular weight is 215 g/mol. The zero-order valence-electron chi connectivity index (χ0n) is 7.97. The minimum absolute atomic E-state index is 0.578. The van der Waals surface area contributed by atoms with Crippen LogP contribution in [0.4, 0.5) is 5.82 Å². The Morgan fingerprint density at radius 1 is 1.40 bits per heavy atom. The Morgan fingerprint density at radius 3 is 3.07 bits per heavy atom. The predicted octanol–water partition coefficient (Wildman–Crippen LogP) is 2.63. The number of hydrogen-bond donors (Lipinski definition) is 1. The van der Waals surface area contributed by atoms with Crippen molar-refractivity contribution in [3.63, 3.8) is 0 Å². The molecule has 0 amide bonds. The van der Waals surface area contributed by atoms with Crippen LogP contribution >= 0.6 is 11.3 Å². The average Bonchev–Trinajstić information content (AvgIpc) is 2.79. The lowest BCUT2D eigenvalue weighted by atomic mass is 10.3. The van der Waals surface area contributed by atoms with Crippen LogP contribution in [0.5, 0.6) is 0 Å². The number of pyridine rings is 1. The van der Waals surface area contributed by atoms with Crippen LogP contribution in [0.1, 0.15) is 10.4 Å². The van der Waals surface area contributed by atoms with Gasteiger partial charge >= 0.3 is 0 Å². The summed E-state index contributed by atoms with van der Waals surface area (Å²) >= 11 is 1.68. The van der Waals surface area contributed by atoms with Gasteiger partial charge in [0, 0.05) is 11.1 Å². The van der Waals surface area contributed by atoms with Gasteiger partial charge in [-0.3, -0.25) is 0 Å². The highest BCUT2D eigenvalue weighted by Gasteiger charge is 2.01. The first-order chi connectivity index (χ1) is 7.40. The van der Waals surface area contributed by atoms with Crippen molar-refractivity contribution in [1.29, 1.82) is 5.26 Å². The molecule has 0 aromatic carbocycles. The van der Waals surface area contributed by atoms with Gasteiger partial charge in [0.25, 0.3) is 0 Å². The molecule has 15 heavy (non-hydrogen) atoms. The third-order valence-corrected chi connectivity index (χ3v) is 2.81. The van der Waals surface area contributed by atoms with Crippen molar-refractivity contribution in [2.24, 2.45) is 0 Å². The van der Waals surface area contributed by atoms with Crippen LogP contribution in [0, 0.1) is 11.3 Å². The molecule has 0 radical (unpaired) electrons. The number of anilines is 1. The van der Waals surface area contributed by atoms with Crippen molar-refractivity contribution >= 4 is 17.2 Å². The quantitative estimate of drug-likeness (QED) is 0.856. The van der Waals surface area contributed by atoms with Gasteiger partial charge in [-0.2, -0.15) is 5.26 Å². The Hall–Kier alpha value is -1.86. The first-order valence-corrected chi connectivity index (χ1v) is 5.39. The molecule has 74 valence electrons. The Balaban J connectivity index is 2.08. The van der Waals surface area contributed by atoms with E-state index >= 15 is 0 Å². The van der Waals surface area contributed by atoms with Crippen LogP contribution < -0.4 is 5.32 Å². The highest BCUT2D eigenvalue weighted by atomic mass is 32.1. The van der Waals surface area contributed by atoms with E-state index in [4.69, 9.17) is 5.26 Å². The Labute approximate surface area is 92.0 Å². The predicted molar refractivity (Wildman–Crippen MR) is 60.6 cm³/mol. The zero-order chi connectivity index (χ0) is 10.5. The summed E-state index contributed by atoms with van der Waals surface area (Å²) in [4.78, 5) is 5.35. The molecular formula is C11H9N3S. The lowest BCUT2D eigenvalue weighted by molar-refractivity contribution is 1.13. The molecule has 4 heteroatoms. The second-order valence-electron chi connectivity index (χ2n) is 2.94. The summed E-state index contributed by atoms with van der Waals surface area (Å²) in [5.74, 6) is 0.647. The number of nitrogens with zero attached hydrogens (tertiary/aromatic N) is 2. The number of rotatable bonds is 3. The maximum atomic E-state index is 8.85. The summed E-state index contributed by atoms with van der Waals surface area (Å²) in [6, 6.07) is 9.67. The number of nitriles is 1. The molecule has 0 saturated heterocycles. The summed E-state index contributed by atoms with van der Waals surface area (Å²) in [6.45, 7) is 0.712. The molecule has 0 aliphatic carbocycles. The first kappa shape index (κ1) is 9.69. The second kappa shape index (κ2) is 4.58. The minimum Gasteiger partial charge on any atom is -0.364 e. The van der Waals surface area contributed by atoms with E-state index in [0.29, 0.717) is 17.9 Å². The summed E-state index contributed by atoms with van der Waals surface area (Å²) < 4.78 is 0. The van der Waals surface area contributed by atoms with Gasteiger partial charge in [0.05, 0.1) is 12.1 Å². The largest absolute Gasteiger partial charge is 0.364 e. The van der Waals surface area contributed by atoms with Crippen LogP contribution in [0.15, 0.2) is 35.8 Å². The van der Waals surface area contributed by atoms with E-state index in [9.17, 15) is 0 Å². The van der Waals surface area contributed by atoms with Crippen LogP contribution in [0.3, 0.4) is 0 Å². The van der Waals surface area contributed by atoms with E-state index in [-0.39, 0.29) is 0 Å². The van der Waals surface area contributed by atoms with Gasteiger partial charge < -0.3 is 5.32 Å². The normalized spacial score (nSPS) is 9.53. The molecule has 0 unspecified atom stereocenters. The van der Waals surface area contributed by atoms with Gasteiger partial charge in [0.15, 0.2) is 0 Å². The molecule has 0 spiro atoms. The standard InChI is InChI=1S/C11H9N3S/c12-7-9-3-1-5-13-11(9)14-8-10-4-2-6-15-10/h1-6H,8H2,(H,13,14). The number of aromatic nitrogens is 1. The van der Waals surface area contributed by atoms with Crippen LogP contribution in [-0.4, -0.2) is 4.98 Å². The van der Waals surface area contributed by atoms with Gasteiger partial charge in [-0.1, -0.05) is 6.07 Å². The third kappa shape index (κ3) is 2.33. The molecule has 0 bridgehead atoms. The van der Waals surface area contributed by atoms with E-state index in [0.717, 1.165) is 0 Å². The van der Waals surface area contributed by atoms with Gasteiger partial charge in [-0.15, -0.1) is 11.3 Å². The molecule has 1 N–H and O–H groups in total. The molecule has 0 atom stereocenters. The molecule has 2 aromatic rings. The summed E-state index contributed by atoms with van der Waals surface area (Å²) in [6.07, 6.45) is 1.68. The van der Waals surface area contributed by atoms with E-state index in [1.165, 1.54) is 4.88 Å². The maximum Gasteiger partial charge on any atom is 0.144 e. The Morgan fingerprint density at radius 2 is 2.33 bits per heavy atom. The van der Waals surface area contributed by atoms with Gasteiger partial charge in [0.2, 0.25) is 0 Å². The molecule has 0 aliphatic heterocycles. The van der Waals surface area contributed by atoms with Crippen molar-refractivity contribution in [3.8, 4) is 6.07 Å². The maximum absolute atomic E-state index is 8.85. The third-order valence-electron chi connectivity index (χ3n) is 1.94. The minimum atomic E-state index is 0.578. The summed E-state index contributed by atoms with van der Waals surface area (Å²) in [5.41, 5.74) is 0.578. The number of hydrogen-bond acceptors (Lipinski definition) is 4. The monoisotopic (exact) mass is 215 g/mol. The first-order valence-electron chi connectivity index (χ1n) is 4.51. The molecule has 0 aliphatic rings. The molecule has 2 heterocycles. The van der Waals surface area contributed by atoms with Crippen LogP contribution in [0.25, 0.3) is 0 Å². The molecule has 0 fully saturated rings. The Kier molecular flexibility index (Phi) is 2.96. The fourth-order valence-corrected chi connectivity index (χ4v) is 1.86. The highest BCUT2D eigenvalue weighted by Crippen LogP contribution is 2.13. The topological polar surface area (TPSA) is 48.7 Å². The van der Waals surface area contributed by atoms with Crippen molar-refractivity contribution in [2.45, 2.75) is 6.54 Å². The summed E-state index contributed by atoms with van der Waals surface area (Å²) in [7, 11) is 0. The smallest absolute Gasteiger partial charge is 0.144 e. The van der Waals surface area contributed by atoms with E-state index < -0.39 is 0 Å². The molecule has 3 nitrogen and oxygen atoms in total. The lowest BCUT2D eigenvalue weighted by Gasteiger charge is -2.04. The summed E-state index contributed by atoms with van der Waals surface area (Å²) in [5, 5.41) is 14.0. The van der Waals surface area contributed by atoms with E-state index in [2.05, 4.69) is 16.4 Å². The fraction of sp³-hybridized carbons (Fsp3) is 0.0909. The highest BCUT2D eigenvalue weighted by molar-refractivity contribution is 7.09. The molecule has 0 saturated carbocycles. The van der Waals surface area contributed by atoms with Gasteiger partial charge in [-0.25, -0.2) is 4.98 Å². The molecule has 2 rings (SSSR count). The Bertz CT molecular complexity index is 471. The van der Waals surface area contributed by atoms with Gasteiger partial charge in [0.1, 0.15) is 11.9 Å². The molecular weight excluding hydrogens is 206 g/mol. The van der Waals surface area contributed by atoms with Crippen molar-refractivity contribution in [1.82, 2.24) is 4.98 Å². The van der Waals surface area contributed by atoms with Crippen molar-refractivity contribution in [3.05, 3.63) is 46.3 Å². The zero-order valence-corrected chi connectivity index (χ0v) is 8.79. The van der Waals surface area contributed by atoms with Gasteiger partial charge in [-0.05, 0) is 23.6 Å². The fourth-order valence-electron chi connectivity index (χ4n) is 1.22.